The number of hydrogen-bond acceptors (Lipinski definition) is 3. The van der Waals surface area contributed by atoms with Gasteiger partial charge in [0.15, 0.2) is 0 Å². The molecule has 1 aliphatic carbocycles. The van der Waals surface area contributed by atoms with Crippen LogP contribution in [0.3, 0.4) is 0 Å². The van der Waals surface area contributed by atoms with Crippen LogP contribution >= 0.6 is 23.2 Å². The second-order valence-electron chi connectivity index (χ2n) is 6.45. The molecule has 0 saturated heterocycles. The molecule has 5 nitrogen and oxygen atoms in total. The van der Waals surface area contributed by atoms with Gasteiger partial charge in [0.2, 0.25) is 5.91 Å². The predicted octanol–water partition coefficient (Wildman–Crippen LogP) is 4.25. The van der Waals surface area contributed by atoms with Gasteiger partial charge >= 0.3 is 0 Å². The third-order valence-electron chi connectivity index (χ3n) is 4.54. The summed E-state index contributed by atoms with van der Waals surface area (Å²) in [5.74, 6) is -0.363. The van der Waals surface area contributed by atoms with E-state index in [4.69, 9.17) is 23.2 Å². The van der Waals surface area contributed by atoms with Crippen LogP contribution in [0.1, 0.15) is 25.7 Å². The van der Waals surface area contributed by atoms with Gasteiger partial charge in [0.1, 0.15) is 6.54 Å². The summed E-state index contributed by atoms with van der Waals surface area (Å²) < 4.78 is 27.4. The van der Waals surface area contributed by atoms with Gasteiger partial charge in [-0.15, -0.1) is 0 Å². The number of halogens is 2. The second kappa shape index (κ2) is 8.50. The van der Waals surface area contributed by atoms with Crippen molar-refractivity contribution in [1.29, 1.82) is 0 Å². The lowest BCUT2D eigenvalue weighted by Gasteiger charge is -2.26. The third kappa shape index (κ3) is 4.57. The van der Waals surface area contributed by atoms with Crippen LogP contribution < -0.4 is 9.62 Å². The van der Waals surface area contributed by atoms with E-state index in [1.54, 1.807) is 30.3 Å². The van der Waals surface area contributed by atoms with Gasteiger partial charge in [0, 0.05) is 6.04 Å². The number of carbonyl (C=O) groups excluding carboxylic acids is 1. The molecule has 27 heavy (non-hydrogen) atoms. The Balaban J connectivity index is 1.96. The molecule has 0 atom stereocenters. The Labute approximate surface area is 169 Å². The van der Waals surface area contributed by atoms with Crippen molar-refractivity contribution >= 4 is 44.8 Å². The number of rotatable bonds is 6. The van der Waals surface area contributed by atoms with Gasteiger partial charge in [-0.1, -0.05) is 60.3 Å². The molecule has 1 fully saturated rings. The first-order chi connectivity index (χ1) is 12.9. The molecule has 0 aromatic heterocycles. The molecule has 2 aromatic rings. The number of nitrogens with one attached hydrogen (secondary N) is 1. The molecule has 1 aliphatic rings. The number of sulfonamides is 1. The van der Waals surface area contributed by atoms with E-state index in [9.17, 15) is 13.2 Å². The first kappa shape index (κ1) is 20.0. The maximum atomic E-state index is 13.2. The zero-order valence-electron chi connectivity index (χ0n) is 14.6. The Morgan fingerprint density at radius 3 is 2.37 bits per heavy atom. The summed E-state index contributed by atoms with van der Waals surface area (Å²) in [4.78, 5) is 12.6. The topological polar surface area (TPSA) is 66.5 Å². The number of amides is 1. The first-order valence-corrected chi connectivity index (χ1v) is 10.9. The average Bonchev–Trinajstić information content (AvgIpc) is 3.16. The number of anilines is 1. The van der Waals surface area contributed by atoms with Gasteiger partial charge in [-0.3, -0.25) is 9.10 Å². The van der Waals surface area contributed by atoms with E-state index in [1.165, 1.54) is 18.2 Å². The highest BCUT2D eigenvalue weighted by Gasteiger charge is 2.30. The lowest BCUT2D eigenvalue weighted by molar-refractivity contribution is -0.120. The molecule has 8 heteroatoms. The van der Waals surface area contributed by atoms with Gasteiger partial charge in [0.25, 0.3) is 10.0 Å². The first-order valence-electron chi connectivity index (χ1n) is 8.71. The van der Waals surface area contributed by atoms with E-state index < -0.39 is 10.0 Å². The fourth-order valence-electron chi connectivity index (χ4n) is 3.18. The van der Waals surface area contributed by atoms with Crippen LogP contribution in [-0.4, -0.2) is 26.9 Å². The Kier molecular flexibility index (Phi) is 6.29. The molecule has 0 unspecified atom stereocenters. The van der Waals surface area contributed by atoms with Crippen LogP contribution in [0.2, 0.25) is 10.0 Å². The van der Waals surface area contributed by atoms with E-state index in [2.05, 4.69) is 5.32 Å². The number of benzene rings is 2. The molecule has 1 saturated carbocycles. The molecule has 0 bridgehead atoms. The number of carbonyl (C=O) groups is 1. The molecular formula is C19H20Cl2N2O3S. The van der Waals surface area contributed by atoms with E-state index in [0.29, 0.717) is 0 Å². The Morgan fingerprint density at radius 2 is 1.70 bits per heavy atom. The quantitative estimate of drug-likeness (QED) is 0.750. The minimum Gasteiger partial charge on any atom is -0.352 e. The fraction of sp³-hybridized carbons (Fsp3) is 0.316. The number of nitrogens with zero attached hydrogens (tertiary/aromatic N) is 1. The maximum absolute atomic E-state index is 13.2. The molecule has 144 valence electrons. The van der Waals surface area contributed by atoms with Crippen LogP contribution in [0.15, 0.2) is 53.4 Å². The molecule has 3 rings (SSSR count). The predicted molar refractivity (Wildman–Crippen MR) is 108 cm³/mol. The highest BCUT2D eigenvalue weighted by molar-refractivity contribution is 7.92. The summed E-state index contributed by atoms with van der Waals surface area (Å²) in [6.07, 6.45) is 3.96. The summed E-state index contributed by atoms with van der Waals surface area (Å²) in [7, 11) is -3.99. The summed E-state index contributed by atoms with van der Waals surface area (Å²) >= 11 is 12.3. The monoisotopic (exact) mass is 426 g/mol. The van der Waals surface area contributed by atoms with Gasteiger partial charge in [-0.25, -0.2) is 8.42 Å². The van der Waals surface area contributed by atoms with E-state index in [-0.39, 0.29) is 39.1 Å². The van der Waals surface area contributed by atoms with Gasteiger partial charge in [-0.05, 0) is 37.1 Å². The Morgan fingerprint density at radius 1 is 1.04 bits per heavy atom. The summed E-state index contributed by atoms with van der Waals surface area (Å²) in [6.45, 7) is -0.367. The zero-order chi connectivity index (χ0) is 19.4. The Hall–Kier alpha value is -1.76. The molecule has 0 spiro atoms. The average molecular weight is 427 g/mol. The summed E-state index contributed by atoms with van der Waals surface area (Å²) in [5, 5.41) is 3.23. The highest BCUT2D eigenvalue weighted by Crippen LogP contribution is 2.35. The van der Waals surface area contributed by atoms with Crippen LogP contribution in [0.5, 0.6) is 0 Å². The standard InChI is InChI=1S/C19H20Cl2N2O3S/c20-16-11-6-12-17(19(16)21)23(13-18(24)22-14-7-4-5-8-14)27(25,26)15-9-2-1-3-10-15/h1-3,6,9-12,14H,4-5,7-8,13H2,(H,22,24). The van der Waals surface area contributed by atoms with Gasteiger partial charge in [-0.2, -0.15) is 0 Å². The van der Waals surface area contributed by atoms with Crippen molar-refractivity contribution in [3.05, 3.63) is 58.6 Å². The molecule has 1 N–H and O–H groups in total. The normalized spacial score (nSPS) is 14.9. The third-order valence-corrected chi connectivity index (χ3v) is 7.12. The maximum Gasteiger partial charge on any atom is 0.264 e. The highest BCUT2D eigenvalue weighted by atomic mass is 35.5. The van der Waals surface area contributed by atoms with Crippen molar-refractivity contribution in [3.8, 4) is 0 Å². The second-order valence-corrected chi connectivity index (χ2v) is 9.09. The molecular weight excluding hydrogens is 407 g/mol. The lowest BCUT2D eigenvalue weighted by Crippen LogP contribution is -2.43. The van der Waals surface area contributed by atoms with Crippen LogP contribution in [0.4, 0.5) is 5.69 Å². The Bertz CT molecular complexity index is 914. The SMILES string of the molecule is O=C(CN(c1cccc(Cl)c1Cl)S(=O)(=O)c1ccccc1)NC1CCCC1. The molecule has 0 aliphatic heterocycles. The van der Waals surface area contributed by atoms with E-state index in [1.807, 2.05) is 0 Å². The zero-order valence-corrected chi connectivity index (χ0v) is 16.9. The molecule has 0 heterocycles. The minimum atomic E-state index is -3.99. The smallest absolute Gasteiger partial charge is 0.264 e. The largest absolute Gasteiger partial charge is 0.352 e. The lowest BCUT2D eigenvalue weighted by atomic mass is 10.2. The van der Waals surface area contributed by atoms with Crippen molar-refractivity contribution in [2.45, 2.75) is 36.6 Å². The van der Waals surface area contributed by atoms with E-state index in [0.717, 1.165) is 30.0 Å². The number of hydrogen-bond donors (Lipinski definition) is 1. The van der Waals surface area contributed by atoms with Crippen LogP contribution in [-0.2, 0) is 14.8 Å². The van der Waals surface area contributed by atoms with Crippen molar-refractivity contribution in [2.75, 3.05) is 10.8 Å². The van der Waals surface area contributed by atoms with Crippen molar-refractivity contribution in [2.24, 2.45) is 0 Å². The summed E-state index contributed by atoms with van der Waals surface area (Å²) in [5.41, 5.74) is 0.176. The fourth-order valence-corrected chi connectivity index (χ4v) is 5.08. The minimum absolute atomic E-state index is 0.0784. The molecule has 1 amide bonds. The molecule has 2 aromatic carbocycles. The van der Waals surface area contributed by atoms with Gasteiger partial charge < -0.3 is 5.32 Å². The van der Waals surface area contributed by atoms with Crippen molar-refractivity contribution < 1.29 is 13.2 Å². The van der Waals surface area contributed by atoms with Crippen molar-refractivity contribution in [3.63, 3.8) is 0 Å². The van der Waals surface area contributed by atoms with Gasteiger partial charge in [0.05, 0.1) is 20.6 Å². The van der Waals surface area contributed by atoms with E-state index >= 15 is 0 Å². The summed E-state index contributed by atoms with van der Waals surface area (Å²) in [6, 6.07) is 12.7. The van der Waals surface area contributed by atoms with Crippen molar-refractivity contribution in [1.82, 2.24) is 5.32 Å². The van der Waals surface area contributed by atoms with Crippen LogP contribution in [0.25, 0.3) is 0 Å². The van der Waals surface area contributed by atoms with Crippen LogP contribution in [0, 0.1) is 0 Å². The molecule has 0 radical (unpaired) electrons.